The highest BCUT2D eigenvalue weighted by Gasteiger charge is 2.15. The summed E-state index contributed by atoms with van der Waals surface area (Å²) in [6.45, 7) is 10.7. The fourth-order valence-corrected chi connectivity index (χ4v) is 4.58. The summed E-state index contributed by atoms with van der Waals surface area (Å²) in [6.07, 6.45) is 3.49. The number of hydrogen-bond donors (Lipinski definition) is 2. The van der Waals surface area contributed by atoms with E-state index in [9.17, 15) is 4.79 Å². The van der Waals surface area contributed by atoms with Crippen LogP contribution in [0.5, 0.6) is 0 Å². The first-order valence-electron chi connectivity index (χ1n) is 12.3. The Kier molecular flexibility index (Phi) is 11.6. The number of carbonyl (C=O) groups is 1. The van der Waals surface area contributed by atoms with Crippen molar-refractivity contribution in [2.24, 2.45) is 0 Å². The van der Waals surface area contributed by atoms with Crippen LogP contribution in [-0.2, 0) is 4.79 Å². The van der Waals surface area contributed by atoms with Crippen molar-refractivity contribution >= 4 is 34.5 Å². The molecule has 0 aliphatic heterocycles. The van der Waals surface area contributed by atoms with Gasteiger partial charge < -0.3 is 15.1 Å². The molecule has 0 atom stereocenters. The minimum atomic E-state index is 0.108. The van der Waals surface area contributed by atoms with Gasteiger partial charge in [0.2, 0.25) is 5.91 Å². The monoisotopic (exact) mass is 483 g/mol. The van der Waals surface area contributed by atoms with Gasteiger partial charge in [0, 0.05) is 17.9 Å². The first-order valence-corrected chi connectivity index (χ1v) is 13.3. The quantitative estimate of drug-likeness (QED) is 0.231. The van der Waals surface area contributed by atoms with Crippen molar-refractivity contribution in [3.8, 4) is 0 Å². The summed E-state index contributed by atoms with van der Waals surface area (Å²) in [5.41, 5.74) is 6.35. The number of amides is 1. The standard InChI is InChI=1S/C26H34N2O2S.C2H7N/c1-17(2)20-12-10-13-21(18(3)4)24(20)28-23(29)15-7-6-8-16-31-26-27-22-14-9-11-19(5)25(22)30-26;1-3-2/h9-14,17-18H,6-8,15-16H2,1-5H3,(H,28,29);3H,1-2H3. The highest BCUT2D eigenvalue weighted by atomic mass is 32.2. The number of fused-ring (bicyclic) bond motifs is 1. The van der Waals surface area contributed by atoms with Crippen LogP contribution in [0, 0.1) is 6.92 Å². The first kappa shape index (κ1) is 27.9. The lowest BCUT2D eigenvalue weighted by Gasteiger charge is -2.20. The van der Waals surface area contributed by atoms with E-state index in [1.807, 2.05) is 39.2 Å². The Hall–Kier alpha value is -2.31. The van der Waals surface area contributed by atoms with E-state index in [-0.39, 0.29) is 5.91 Å². The normalized spacial score (nSPS) is 11.1. The minimum Gasteiger partial charge on any atom is -0.431 e. The Balaban J connectivity index is 0.00000129. The van der Waals surface area contributed by atoms with Gasteiger partial charge in [0.15, 0.2) is 5.58 Å². The Labute approximate surface area is 209 Å². The van der Waals surface area contributed by atoms with Gasteiger partial charge in [-0.25, -0.2) is 4.98 Å². The first-order chi connectivity index (χ1) is 16.3. The zero-order valence-electron chi connectivity index (χ0n) is 21.8. The van der Waals surface area contributed by atoms with Gasteiger partial charge in [-0.15, -0.1) is 0 Å². The zero-order valence-corrected chi connectivity index (χ0v) is 22.6. The van der Waals surface area contributed by atoms with Crippen LogP contribution in [0.4, 0.5) is 5.69 Å². The molecular formula is C28H41N3O2S. The average molecular weight is 484 g/mol. The molecule has 0 unspecified atom stereocenters. The van der Waals surface area contributed by atoms with Gasteiger partial charge in [0.25, 0.3) is 5.22 Å². The molecule has 6 heteroatoms. The fourth-order valence-electron chi connectivity index (χ4n) is 3.75. The summed E-state index contributed by atoms with van der Waals surface area (Å²) >= 11 is 1.65. The number of thioether (sulfide) groups is 1. The maximum atomic E-state index is 12.6. The third kappa shape index (κ3) is 8.17. The molecule has 34 heavy (non-hydrogen) atoms. The molecule has 0 saturated heterocycles. The predicted molar refractivity (Wildman–Crippen MR) is 146 cm³/mol. The molecule has 1 heterocycles. The van der Waals surface area contributed by atoms with Crippen molar-refractivity contribution in [3.05, 3.63) is 53.1 Å². The molecule has 5 nitrogen and oxygen atoms in total. The summed E-state index contributed by atoms with van der Waals surface area (Å²) in [5, 5.41) is 6.69. The number of aromatic nitrogens is 1. The van der Waals surface area contributed by atoms with E-state index in [0.29, 0.717) is 18.3 Å². The number of oxazole rings is 1. The van der Waals surface area contributed by atoms with E-state index in [2.05, 4.69) is 61.5 Å². The SMILES string of the molecule is CNC.Cc1cccc2nc(SCCCCCC(=O)Nc3c(C(C)C)cccc3C(C)C)oc12. The molecule has 2 N–H and O–H groups in total. The summed E-state index contributed by atoms with van der Waals surface area (Å²) in [7, 11) is 3.75. The van der Waals surface area contributed by atoms with Crippen molar-refractivity contribution in [2.75, 3.05) is 25.2 Å². The summed E-state index contributed by atoms with van der Waals surface area (Å²) in [4.78, 5) is 17.1. The van der Waals surface area contributed by atoms with E-state index < -0.39 is 0 Å². The number of aryl methyl sites for hydroxylation is 1. The smallest absolute Gasteiger partial charge is 0.256 e. The summed E-state index contributed by atoms with van der Waals surface area (Å²) < 4.78 is 5.86. The van der Waals surface area contributed by atoms with Gasteiger partial charge >= 0.3 is 0 Å². The summed E-state index contributed by atoms with van der Waals surface area (Å²) in [6, 6.07) is 12.4. The Morgan fingerprint density at radius 2 is 1.59 bits per heavy atom. The Morgan fingerprint density at radius 1 is 0.971 bits per heavy atom. The van der Waals surface area contributed by atoms with E-state index in [1.165, 1.54) is 11.1 Å². The molecule has 0 bridgehead atoms. The molecule has 2 aromatic carbocycles. The number of rotatable bonds is 10. The lowest BCUT2D eigenvalue weighted by atomic mass is 9.92. The highest BCUT2D eigenvalue weighted by molar-refractivity contribution is 7.99. The Bertz CT molecular complexity index is 1020. The molecule has 1 amide bonds. The van der Waals surface area contributed by atoms with E-state index in [1.54, 1.807) is 11.8 Å². The molecular weight excluding hydrogens is 442 g/mol. The van der Waals surface area contributed by atoms with Crippen LogP contribution in [0.2, 0.25) is 0 Å². The molecule has 0 spiro atoms. The fraction of sp³-hybridized carbons (Fsp3) is 0.500. The number of benzene rings is 2. The van der Waals surface area contributed by atoms with Crippen molar-refractivity contribution in [1.82, 2.24) is 10.3 Å². The second kappa shape index (κ2) is 14.2. The number of unbranched alkanes of at least 4 members (excludes halogenated alkanes) is 2. The van der Waals surface area contributed by atoms with Crippen LogP contribution in [0.15, 0.2) is 46.0 Å². The van der Waals surface area contributed by atoms with E-state index >= 15 is 0 Å². The maximum Gasteiger partial charge on any atom is 0.256 e. The Morgan fingerprint density at radius 3 is 2.18 bits per heavy atom. The van der Waals surface area contributed by atoms with Gasteiger partial charge in [-0.3, -0.25) is 4.79 Å². The van der Waals surface area contributed by atoms with E-state index in [0.717, 1.165) is 52.6 Å². The maximum absolute atomic E-state index is 12.6. The van der Waals surface area contributed by atoms with Crippen molar-refractivity contribution < 1.29 is 9.21 Å². The zero-order chi connectivity index (χ0) is 25.1. The number of carbonyl (C=O) groups excluding carboxylic acids is 1. The van der Waals surface area contributed by atoms with Gasteiger partial charge in [-0.05, 0) is 68.5 Å². The molecule has 186 valence electrons. The molecule has 0 aliphatic carbocycles. The highest BCUT2D eigenvalue weighted by Crippen LogP contribution is 2.32. The van der Waals surface area contributed by atoms with Gasteiger partial charge in [0.1, 0.15) is 5.52 Å². The number of anilines is 1. The molecule has 0 aliphatic rings. The van der Waals surface area contributed by atoms with Gasteiger partial charge in [-0.2, -0.15) is 0 Å². The summed E-state index contributed by atoms with van der Waals surface area (Å²) in [5.74, 6) is 1.81. The third-order valence-corrected chi connectivity index (χ3v) is 6.42. The number of hydrogen-bond acceptors (Lipinski definition) is 5. The second-order valence-electron chi connectivity index (χ2n) is 9.23. The molecule has 3 aromatic rings. The number of para-hydroxylation sites is 2. The van der Waals surface area contributed by atoms with Crippen LogP contribution in [-0.4, -0.2) is 30.7 Å². The average Bonchev–Trinajstić information content (AvgIpc) is 3.21. The second-order valence-corrected chi connectivity index (χ2v) is 10.3. The van der Waals surface area contributed by atoms with Crippen LogP contribution >= 0.6 is 11.8 Å². The van der Waals surface area contributed by atoms with Crippen molar-refractivity contribution in [2.45, 2.75) is 77.4 Å². The molecule has 0 radical (unpaired) electrons. The van der Waals surface area contributed by atoms with Crippen LogP contribution < -0.4 is 10.6 Å². The largest absolute Gasteiger partial charge is 0.431 e. The topological polar surface area (TPSA) is 67.2 Å². The van der Waals surface area contributed by atoms with Crippen LogP contribution in [0.25, 0.3) is 11.1 Å². The molecule has 0 saturated carbocycles. The minimum absolute atomic E-state index is 0.108. The van der Waals surface area contributed by atoms with Gasteiger partial charge in [0.05, 0.1) is 0 Å². The number of nitrogens with one attached hydrogen (secondary N) is 2. The molecule has 0 fully saturated rings. The molecule has 3 rings (SSSR count). The van der Waals surface area contributed by atoms with Crippen LogP contribution in [0.1, 0.15) is 81.9 Å². The predicted octanol–water partition coefficient (Wildman–Crippen LogP) is 7.51. The van der Waals surface area contributed by atoms with Crippen LogP contribution in [0.3, 0.4) is 0 Å². The number of nitrogens with zero attached hydrogens (tertiary/aromatic N) is 1. The molecule has 1 aromatic heterocycles. The third-order valence-electron chi connectivity index (χ3n) is 5.50. The van der Waals surface area contributed by atoms with Crippen molar-refractivity contribution in [1.29, 1.82) is 0 Å². The van der Waals surface area contributed by atoms with E-state index in [4.69, 9.17) is 4.42 Å². The van der Waals surface area contributed by atoms with Crippen molar-refractivity contribution in [3.63, 3.8) is 0 Å². The van der Waals surface area contributed by atoms with Gasteiger partial charge in [-0.1, -0.05) is 76.2 Å². The lowest BCUT2D eigenvalue weighted by Crippen LogP contribution is -2.15. The lowest BCUT2D eigenvalue weighted by molar-refractivity contribution is -0.116.